The fourth-order valence-electron chi connectivity index (χ4n) is 2.80. The van der Waals surface area contributed by atoms with E-state index in [4.69, 9.17) is 28.3 Å². The maximum Gasteiger partial charge on any atom is 0.225 e. The lowest BCUT2D eigenvalue weighted by Gasteiger charge is -2.14. The molecule has 0 unspecified atom stereocenters. The van der Waals surface area contributed by atoms with Crippen LogP contribution in [0.2, 0.25) is 10.4 Å². The second-order valence-electron chi connectivity index (χ2n) is 5.35. The Hall–Kier alpha value is -1.96. The van der Waals surface area contributed by atoms with Crippen molar-refractivity contribution in [2.24, 2.45) is 0 Å². The van der Waals surface area contributed by atoms with Crippen molar-refractivity contribution >= 4 is 34.4 Å². The number of aliphatic hydroxyl groups excluding tert-OH is 1. The summed E-state index contributed by atoms with van der Waals surface area (Å²) in [5, 5.41) is 13.8. The number of allylic oxidation sites excluding steroid dienone is 2. The normalized spacial score (nSPS) is 20.7. The number of hydrogen-bond acceptors (Lipinski definition) is 5. The van der Waals surface area contributed by atoms with E-state index < -0.39 is 0 Å². The lowest BCUT2D eigenvalue weighted by atomic mass is 10.2. The van der Waals surface area contributed by atoms with E-state index in [2.05, 4.69) is 32.2 Å². The number of aromatic nitrogens is 6. The molecule has 0 aliphatic heterocycles. The first-order valence-electron chi connectivity index (χ1n) is 7.03. The molecule has 0 saturated carbocycles. The maximum absolute atomic E-state index is 9.14. The quantitative estimate of drug-likeness (QED) is 0.446. The van der Waals surface area contributed by atoms with E-state index in [0.717, 1.165) is 12.0 Å². The first-order chi connectivity index (χ1) is 11.2. The topological polar surface area (TPSA) is 81.7 Å². The minimum Gasteiger partial charge on any atom is -0.392 e. The van der Waals surface area contributed by atoms with Gasteiger partial charge in [-0.15, -0.1) is 0 Å². The second kappa shape index (κ2) is 5.59. The van der Waals surface area contributed by atoms with E-state index in [9.17, 15) is 0 Å². The fourth-order valence-corrected chi connectivity index (χ4v) is 3.23. The van der Waals surface area contributed by atoms with Crippen LogP contribution in [0.3, 0.4) is 0 Å². The molecule has 2 atom stereocenters. The fraction of sp³-hybridized carbons (Fsp3) is 0.286. The monoisotopic (exact) mass is 350 g/mol. The summed E-state index contributed by atoms with van der Waals surface area (Å²) in [4.78, 5) is 12.4. The molecule has 0 spiro atoms. The minimum atomic E-state index is -0.0139. The largest absolute Gasteiger partial charge is 0.392 e. The number of rotatable bonds is 3. The molecule has 1 aliphatic carbocycles. The first-order valence-corrected chi connectivity index (χ1v) is 7.79. The standard InChI is InChI=1S/C14H12Cl2N6O/c15-12-11-13(20-14(16)19-12)21(7-17-11)9-1-2-10(3-9)22-5-8(6-23)4-18-22/h1-2,4-5,7,9-10,23H,3,6H2/t9-,10-/m0/s1. The Kier molecular flexibility index (Phi) is 3.56. The Morgan fingerprint density at radius 3 is 2.83 bits per heavy atom. The Bertz CT molecular complexity index is 902. The van der Waals surface area contributed by atoms with Crippen molar-refractivity contribution in [1.82, 2.24) is 29.3 Å². The van der Waals surface area contributed by atoms with E-state index in [0.29, 0.717) is 11.2 Å². The van der Waals surface area contributed by atoms with Crippen LogP contribution in [0.4, 0.5) is 0 Å². The third-order valence-electron chi connectivity index (χ3n) is 3.92. The zero-order valence-electron chi connectivity index (χ0n) is 11.8. The molecule has 0 saturated heterocycles. The summed E-state index contributed by atoms with van der Waals surface area (Å²) in [5.41, 5.74) is 1.94. The van der Waals surface area contributed by atoms with Crippen molar-refractivity contribution in [2.75, 3.05) is 0 Å². The predicted octanol–water partition coefficient (Wildman–Crippen LogP) is 2.56. The van der Waals surface area contributed by atoms with Gasteiger partial charge in [0, 0.05) is 11.8 Å². The molecule has 1 aliphatic rings. The number of hydrogen-bond donors (Lipinski definition) is 1. The van der Waals surface area contributed by atoms with Crippen molar-refractivity contribution in [3.63, 3.8) is 0 Å². The van der Waals surface area contributed by atoms with Crippen LogP contribution in [0.25, 0.3) is 11.2 Å². The van der Waals surface area contributed by atoms with Gasteiger partial charge in [-0.2, -0.15) is 10.1 Å². The van der Waals surface area contributed by atoms with Crippen LogP contribution in [-0.2, 0) is 6.61 Å². The van der Waals surface area contributed by atoms with Crippen molar-refractivity contribution < 1.29 is 5.11 Å². The van der Waals surface area contributed by atoms with Gasteiger partial charge in [0.05, 0.1) is 31.2 Å². The predicted molar refractivity (Wildman–Crippen MR) is 85.3 cm³/mol. The SMILES string of the molecule is OCc1cnn([C@H]2C=C[C@H](n3cnc4c(Cl)nc(Cl)nc43)C2)c1. The molecule has 3 aromatic rings. The van der Waals surface area contributed by atoms with Gasteiger partial charge in [0.1, 0.15) is 5.52 Å². The van der Waals surface area contributed by atoms with Gasteiger partial charge in [0.25, 0.3) is 0 Å². The number of imidazole rings is 1. The van der Waals surface area contributed by atoms with Crippen LogP contribution < -0.4 is 0 Å². The zero-order valence-corrected chi connectivity index (χ0v) is 13.4. The summed E-state index contributed by atoms with van der Waals surface area (Å²) < 4.78 is 3.78. The van der Waals surface area contributed by atoms with Crippen molar-refractivity contribution in [3.8, 4) is 0 Å². The van der Waals surface area contributed by atoms with Crippen LogP contribution in [0.15, 0.2) is 30.9 Å². The number of halogens is 2. The highest BCUT2D eigenvalue weighted by Crippen LogP contribution is 2.33. The summed E-state index contributed by atoms with van der Waals surface area (Å²) in [5.74, 6) is 0. The third kappa shape index (κ3) is 2.50. The third-order valence-corrected chi connectivity index (χ3v) is 4.36. The Labute approximate surface area is 141 Å². The maximum atomic E-state index is 9.14. The van der Waals surface area contributed by atoms with E-state index in [1.165, 1.54) is 0 Å². The smallest absolute Gasteiger partial charge is 0.225 e. The first kappa shape index (κ1) is 14.6. The van der Waals surface area contributed by atoms with Crippen LogP contribution >= 0.6 is 23.2 Å². The second-order valence-corrected chi connectivity index (χ2v) is 6.05. The van der Waals surface area contributed by atoms with Gasteiger partial charge < -0.3 is 9.67 Å². The van der Waals surface area contributed by atoms with Gasteiger partial charge in [-0.25, -0.2) is 9.97 Å². The molecular formula is C14H12Cl2N6O. The summed E-state index contributed by atoms with van der Waals surface area (Å²) >= 11 is 12.0. The average Bonchev–Trinajstić information content (AvgIpc) is 3.25. The van der Waals surface area contributed by atoms with Crippen LogP contribution in [0.1, 0.15) is 24.1 Å². The number of aliphatic hydroxyl groups is 1. The highest BCUT2D eigenvalue weighted by Gasteiger charge is 2.24. The summed E-state index contributed by atoms with van der Waals surface area (Å²) in [6.07, 6.45) is 10.2. The summed E-state index contributed by atoms with van der Waals surface area (Å²) in [7, 11) is 0. The molecule has 0 amide bonds. The van der Waals surface area contributed by atoms with Crippen molar-refractivity contribution in [1.29, 1.82) is 0 Å². The van der Waals surface area contributed by atoms with Gasteiger partial charge in [0.2, 0.25) is 5.28 Å². The minimum absolute atomic E-state index is 0.0139. The Morgan fingerprint density at radius 1 is 1.22 bits per heavy atom. The average molecular weight is 351 g/mol. The molecule has 0 fully saturated rings. The molecule has 4 rings (SSSR count). The molecule has 0 bridgehead atoms. The molecule has 0 aromatic carbocycles. The Morgan fingerprint density at radius 2 is 2.04 bits per heavy atom. The van der Waals surface area contributed by atoms with Crippen LogP contribution in [0.5, 0.6) is 0 Å². The van der Waals surface area contributed by atoms with Crippen molar-refractivity contribution in [3.05, 3.63) is 46.9 Å². The molecule has 7 nitrogen and oxygen atoms in total. The van der Waals surface area contributed by atoms with Gasteiger partial charge in [-0.05, 0) is 18.0 Å². The lowest BCUT2D eigenvalue weighted by molar-refractivity contribution is 0.281. The number of fused-ring (bicyclic) bond motifs is 1. The Balaban J connectivity index is 1.64. The highest BCUT2D eigenvalue weighted by atomic mass is 35.5. The molecule has 1 N–H and O–H groups in total. The molecule has 3 aromatic heterocycles. The van der Waals surface area contributed by atoms with E-state index in [1.807, 2.05) is 15.4 Å². The highest BCUT2D eigenvalue weighted by molar-refractivity contribution is 6.35. The summed E-state index contributed by atoms with van der Waals surface area (Å²) in [6.45, 7) is -0.0139. The molecule has 9 heteroatoms. The molecule has 118 valence electrons. The molecule has 3 heterocycles. The van der Waals surface area contributed by atoms with Crippen LogP contribution in [0, 0.1) is 0 Å². The van der Waals surface area contributed by atoms with Gasteiger partial charge in [-0.1, -0.05) is 23.8 Å². The van der Waals surface area contributed by atoms with Crippen LogP contribution in [-0.4, -0.2) is 34.4 Å². The lowest BCUT2D eigenvalue weighted by Crippen LogP contribution is -2.10. The van der Waals surface area contributed by atoms with E-state index in [-0.39, 0.29) is 29.1 Å². The summed E-state index contributed by atoms with van der Waals surface area (Å²) in [6, 6.07) is 0.194. The molecular weight excluding hydrogens is 339 g/mol. The van der Waals surface area contributed by atoms with Gasteiger partial charge >= 0.3 is 0 Å². The molecule has 23 heavy (non-hydrogen) atoms. The molecule has 0 radical (unpaired) electrons. The van der Waals surface area contributed by atoms with E-state index >= 15 is 0 Å². The van der Waals surface area contributed by atoms with Crippen molar-refractivity contribution in [2.45, 2.75) is 25.1 Å². The van der Waals surface area contributed by atoms with Gasteiger partial charge in [0.15, 0.2) is 10.8 Å². The van der Waals surface area contributed by atoms with E-state index in [1.54, 1.807) is 12.5 Å². The zero-order chi connectivity index (χ0) is 16.0. The number of nitrogens with zero attached hydrogens (tertiary/aromatic N) is 6. The van der Waals surface area contributed by atoms with Gasteiger partial charge in [-0.3, -0.25) is 4.68 Å².